The maximum Gasteiger partial charge on any atom is 0.410 e. The summed E-state index contributed by atoms with van der Waals surface area (Å²) in [5.74, 6) is -1.07. The summed E-state index contributed by atoms with van der Waals surface area (Å²) in [6, 6.07) is 0. The lowest BCUT2D eigenvalue weighted by molar-refractivity contribution is -0.212. The van der Waals surface area contributed by atoms with Crippen molar-refractivity contribution in [3.8, 4) is 0 Å². The molecule has 2 rings (SSSR count). The molecule has 2 aliphatic heterocycles. The first kappa shape index (κ1) is 20.0. The summed E-state index contributed by atoms with van der Waals surface area (Å²) in [7, 11) is 0. The highest BCUT2D eigenvalue weighted by molar-refractivity contribution is 5.82. The highest BCUT2D eigenvalue weighted by Gasteiger charge is 2.67. The number of aliphatic carboxylic acids is 1. The summed E-state index contributed by atoms with van der Waals surface area (Å²) < 4.78 is 5.32. The number of nitrogens with one attached hydrogen (secondary N) is 1. The van der Waals surface area contributed by atoms with Gasteiger partial charge in [-0.1, -0.05) is 0 Å². The van der Waals surface area contributed by atoms with Crippen molar-refractivity contribution in [2.75, 3.05) is 13.1 Å². The Kier molecular flexibility index (Phi) is 4.46. The molecule has 3 N–H and O–H groups in total. The smallest absolute Gasteiger partial charge is 0.410 e. The number of nitrogens with zero attached hydrogens (tertiary/aromatic N) is 1. The van der Waals surface area contributed by atoms with Gasteiger partial charge in [0, 0.05) is 24.2 Å². The van der Waals surface area contributed by atoms with E-state index in [2.05, 4.69) is 5.32 Å². The highest BCUT2D eigenvalue weighted by atomic mass is 16.6. The lowest BCUT2D eigenvalue weighted by atomic mass is 9.57. The third-order valence-corrected chi connectivity index (χ3v) is 5.02. The van der Waals surface area contributed by atoms with E-state index in [-0.39, 0.29) is 13.1 Å². The van der Waals surface area contributed by atoms with Gasteiger partial charge in [0.25, 0.3) is 0 Å². The summed E-state index contributed by atoms with van der Waals surface area (Å²) >= 11 is 0. The van der Waals surface area contributed by atoms with Crippen LogP contribution in [0.15, 0.2) is 0 Å². The monoisotopic (exact) mass is 356 g/mol. The number of carbonyl (C=O) groups excluding carboxylic acids is 1. The molecular weight excluding hydrogens is 324 g/mol. The van der Waals surface area contributed by atoms with E-state index < -0.39 is 39.8 Å². The fraction of sp³-hybridized carbons (Fsp3) is 0.889. The average molecular weight is 356 g/mol. The largest absolute Gasteiger partial charge is 0.481 e. The van der Waals surface area contributed by atoms with Crippen LogP contribution in [0, 0.1) is 5.41 Å². The van der Waals surface area contributed by atoms with Crippen LogP contribution >= 0.6 is 0 Å². The molecule has 1 amide bonds. The average Bonchev–Trinajstić information content (AvgIpc) is 2.16. The first-order valence-corrected chi connectivity index (χ1v) is 8.74. The fourth-order valence-corrected chi connectivity index (χ4v) is 4.56. The second-order valence-electron chi connectivity index (χ2n) is 10.0. The number of carboxylic acid groups (broad SMARTS) is 1. The Morgan fingerprint density at radius 2 is 1.48 bits per heavy atom. The minimum Gasteiger partial charge on any atom is -0.481 e. The Morgan fingerprint density at radius 1 is 1.04 bits per heavy atom. The van der Waals surface area contributed by atoms with Gasteiger partial charge in [0.15, 0.2) is 0 Å². The lowest BCUT2D eigenvalue weighted by Crippen LogP contribution is -2.77. The van der Waals surface area contributed by atoms with Gasteiger partial charge in [0.05, 0.1) is 5.60 Å². The normalized spacial score (nSPS) is 26.5. The minimum atomic E-state index is -1.41. The SMILES string of the molecule is CC1(C)CC(O)(C2(C(=O)O)CN(C(=O)OC(C)(C)C)C2)CC(C)(C)N1. The topological polar surface area (TPSA) is 99.1 Å². The van der Waals surface area contributed by atoms with Gasteiger partial charge in [-0.3, -0.25) is 4.79 Å². The van der Waals surface area contributed by atoms with E-state index in [0.717, 1.165) is 0 Å². The predicted octanol–water partition coefficient (Wildman–Crippen LogP) is 1.98. The van der Waals surface area contributed by atoms with Crippen LogP contribution in [0.1, 0.15) is 61.3 Å². The van der Waals surface area contributed by atoms with Crippen molar-refractivity contribution in [2.45, 2.75) is 83.6 Å². The van der Waals surface area contributed by atoms with Gasteiger partial charge in [0.2, 0.25) is 0 Å². The molecule has 0 aromatic heterocycles. The van der Waals surface area contributed by atoms with Crippen molar-refractivity contribution in [3.05, 3.63) is 0 Å². The molecule has 0 aromatic carbocycles. The molecule has 7 heteroatoms. The zero-order valence-corrected chi connectivity index (χ0v) is 16.4. The van der Waals surface area contributed by atoms with Crippen molar-refractivity contribution >= 4 is 12.1 Å². The zero-order chi connectivity index (χ0) is 19.5. The summed E-state index contributed by atoms with van der Waals surface area (Å²) in [4.78, 5) is 25.7. The lowest BCUT2D eigenvalue weighted by Gasteiger charge is -2.61. The molecule has 2 fully saturated rings. The summed E-state index contributed by atoms with van der Waals surface area (Å²) in [5, 5.41) is 24.8. The molecule has 0 radical (unpaired) electrons. The highest BCUT2D eigenvalue weighted by Crippen LogP contribution is 2.51. The van der Waals surface area contributed by atoms with Crippen LogP contribution in [0.4, 0.5) is 4.79 Å². The first-order chi connectivity index (χ1) is 11.0. The van der Waals surface area contributed by atoms with E-state index in [0.29, 0.717) is 12.8 Å². The van der Waals surface area contributed by atoms with E-state index >= 15 is 0 Å². The number of hydrogen-bond acceptors (Lipinski definition) is 5. The van der Waals surface area contributed by atoms with Gasteiger partial charge >= 0.3 is 12.1 Å². The fourth-order valence-electron chi connectivity index (χ4n) is 4.56. The molecular formula is C18H32N2O5. The molecule has 0 atom stereocenters. The number of likely N-dealkylation sites (tertiary alicyclic amines) is 1. The molecule has 25 heavy (non-hydrogen) atoms. The number of carboxylic acids is 1. The van der Waals surface area contributed by atoms with E-state index in [1.54, 1.807) is 20.8 Å². The summed E-state index contributed by atoms with van der Waals surface area (Å²) in [6.07, 6.45) is 0.0657. The number of ether oxygens (including phenoxy) is 1. The first-order valence-electron chi connectivity index (χ1n) is 8.74. The summed E-state index contributed by atoms with van der Waals surface area (Å²) in [6.45, 7) is 13.0. The Labute approximate surface area is 149 Å². The predicted molar refractivity (Wildman–Crippen MR) is 93.4 cm³/mol. The Balaban J connectivity index is 2.25. The van der Waals surface area contributed by atoms with Crippen LogP contribution in [0.25, 0.3) is 0 Å². The van der Waals surface area contributed by atoms with E-state index in [1.807, 2.05) is 27.7 Å². The van der Waals surface area contributed by atoms with Gasteiger partial charge in [-0.2, -0.15) is 0 Å². The number of hydrogen-bond donors (Lipinski definition) is 3. The van der Waals surface area contributed by atoms with Crippen molar-refractivity contribution in [2.24, 2.45) is 5.41 Å². The van der Waals surface area contributed by atoms with Crippen LogP contribution < -0.4 is 5.32 Å². The van der Waals surface area contributed by atoms with Gasteiger partial charge < -0.3 is 25.2 Å². The Bertz CT molecular complexity index is 555. The van der Waals surface area contributed by atoms with E-state index in [9.17, 15) is 19.8 Å². The van der Waals surface area contributed by atoms with Gasteiger partial charge in [0.1, 0.15) is 11.0 Å². The molecule has 2 saturated heterocycles. The molecule has 7 nitrogen and oxygen atoms in total. The maximum atomic E-state index is 12.2. The molecule has 2 aliphatic rings. The number of piperidine rings is 1. The minimum absolute atomic E-state index is 0.0418. The van der Waals surface area contributed by atoms with Gasteiger partial charge in [-0.15, -0.1) is 0 Å². The number of carbonyl (C=O) groups is 2. The molecule has 0 saturated carbocycles. The molecule has 0 unspecified atom stereocenters. The van der Waals surface area contributed by atoms with Crippen molar-refractivity contribution in [3.63, 3.8) is 0 Å². The zero-order valence-electron chi connectivity index (χ0n) is 16.4. The maximum absolute atomic E-state index is 12.2. The standard InChI is InChI=1S/C18H32N2O5/c1-14(2,3)25-13(23)20-10-17(11-20,12(21)22)18(24)8-15(4,5)19-16(6,7)9-18/h19,24H,8-11H2,1-7H3,(H,21,22). The van der Waals surface area contributed by atoms with Crippen LogP contribution in [0.5, 0.6) is 0 Å². The van der Waals surface area contributed by atoms with Crippen LogP contribution in [-0.2, 0) is 9.53 Å². The molecule has 0 aromatic rings. The van der Waals surface area contributed by atoms with Crippen LogP contribution in [0.3, 0.4) is 0 Å². The van der Waals surface area contributed by atoms with E-state index in [1.165, 1.54) is 4.90 Å². The molecule has 0 aliphatic carbocycles. The van der Waals surface area contributed by atoms with Crippen molar-refractivity contribution < 1.29 is 24.5 Å². The van der Waals surface area contributed by atoms with Gasteiger partial charge in [-0.25, -0.2) is 4.79 Å². The van der Waals surface area contributed by atoms with E-state index in [4.69, 9.17) is 4.74 Å². The molecule has 2 heterocycles. The number of rotatable bonds is 2. The number of amides is 1. The Morgan fingerprint density at radius 3 is 1.84 bits per heavy atom. The number of aliphatic hydroxyl groups is 1. The second kappa shape index (κ2) is 5.58. The third-order valence-electron chi connectivity index (χ3n) is 5.02. The summed E-state index contributed by atoms with van der Waals surface area (Å²) in [5.41, 5.74) is -4.25. The quantitative estimate of drug-likeness (QED) is 0.700. The van der Waals surface area contributed by atoms with Crippen molar-refractivity contribution in [1.29, 1.82) is 0 Å². The van der Waals surface area contributed by atoms with Crippen LogP contribution in [-0.4, -0.2) is 62.5 Å². The molecule has 0 bridgehead atoms. The molecule has 0 spiro atoms. The Hall–Kier alpha value is -1.34. The second-order valence-corrected chi connectivity index (χ2v) is 10.0. The van der Waals surface area contributed by atoms with Gasteiger partial charge in [-0.05, 0) is 61.3 Å². The third kappa shape index (κ3) is 3.77. The van der Waals surface area contributed by atoms with Crippen molar-refractivity contribution in [1.82, 2.24) is 10.2 Å². The molecule has 144 valence electrons. The van der Waals surface area contributed by atoms with Crippen LogP contribution in [0.2, 0.25) is 0 Å².